The average Bonchev–Trinajstić information content (AvgIpc) is 3.14. The first kappa shape index (κ1) is 17.5. The van der Waals surface area contributed by atoms with Gasteiger partial charge in [0.25, 0.3) is 0 Å². The van der Waals surface area contributed by atoms with Crippen molar-refractivity contribution < 1.29 is 9.21 Å². The highest BCUT2D eigenvalue weighted by Crippen LogP contribution is 2.23. The van der Waals surface area contributed by atoms with Gasteiger partial charge in [0.05, 0.1) is 12.1 Å². The maximum atomic E-state index is 12.4. The molecule has 2 atom stereocenters. The summed E-state index contributed by atoms with van der Waals surface area (Å²) in [6, 6.07) is 9.94. The Hall–Kier alpha value is -1.85. The minimum absolute atomic E-state index is 0. The van der Waals surface area contributed by atoms with Gasteiger partial charge in [-0.2, -0.15) is 0 Å². The molecule has 0 saturated carbocycles. The van der Waals surface area contributed by atoms with Gasteiger partial charge in [0.2, 0.25) is 11.8 Å². The van der Waals surface area contributed by atoms with Crippen molar-refractivity contribution in [2.75, 3.05) is 13.1 Å². The van der Waals surface area contributed by atoms with Crippen LogP contribution in [0.4, 0.5) is 0 Å². The van der Waals surface area contributed by atoms with Crippen molar-refractivity contribution >= 4 is 18.3 Å². The Labute approximate surface area is 142 Å². The van der Waals surface area contributed by atoms with Crippen molar-refractivity contribution in [3.63, 3.8) is 0 Å². The van der Waals surface area contributed by atoms with Crippen LogP contribution in [0.1, 0.15) is 19.0 Å². The monoisotopic (exact) mass is 335 g/mol. The zero-order chi connectivity index (χ0) is 15.5. The van der Waals surface area contributed by atoms with Gasteiger partial charge < -0.3 is 15.1 Å². The minimum atomic E-state index is 0. The fourth-order valence-corrected chi connectivity index (χ4v) is 3.02. The second kappa shape index (κ2) is 7.62. The van der Waals surface area contributed by atoms with Crippen molar-refractivity contribution in [2.45, 2.75) is 25.8 Å². The molecular weight excluding hydrogens is 314 g/mol. The first-order valence-corrected chi connectivity index (χ1v) is 7.66. The molecule has 1 aliphatic heterocycles. The van der Waals surface area contributed by atoms with Crippen molar-refractivity contribution in [3.05, 3.63) is 42.3 Å². The van der Waals surface area contributed by atoms with E-state index >= 15 is 0 Å². The van der Waals surface area contributed by atoms with E-state index in [1.807, 2.05) is 35.2 Å². The van der Waals surface area contributed by atoms with Gasteiger partial charge in [0.1, 0.15) is 6.26 Å². The van der Waals surface area contributed by atoms with Gasteiger partial charge in [-0.3, -0.25) is 4.79 Å². The molecule has 0 bridgehead atoms. The second-order valence-corrected chi connectivity index (χ2v) is 5.92. The van der Waals surface area contributed by atoms with Gasteiger partial charge in [-0.25, -0.2) is 4.98 Å². The number of hydrogen-bond acceptors (Lipinski definition) is 4. The summed E-state index contributed by atoms with van der Waals surface area (Å²) >= 11 is 0. The van der Waals surface area contributed by atoms with Crippen LogP contribution >= 0.6 is 12.4 Å². The average molecular weight is 336 g/mol. The quantitative estimate of drug-likeness (QED) is 0.931. The molecule has 2 unspecified atom stereocenters. The highest BCUT2D eigenvalue weighted by atomic mass is 35.5. The molecule has 0 radical (unpaired) electrons. The number of likely N-dealkylation sites (tertiary alicyclic amines) is 1. The van der Waals surface area contributed by atoms with Crippen LogP contribution in [0.25, 0.3) is 11.5 Å². The maximum Gasteiger partial charge on any atom is 0.228 e. The summed E-state index contributed by atoms with van der Waals surface area (Å²) in [4.78, 5) is 18.8. The van der Waals surface area contributed by atoms with E-state index in [4.69, 9.17) is 10.2 Å². The van der Waals surface area contributed by atoms with E-state index in [-0.39, 0.29) is 30.8 Å². The Morgan fingerprint density at radius 1 is 1.39 bits per heavy atom. The minimum Gasteiger partial charge on any atom is -0.444 e. The molecule has 2 heterocycles. The third-order valence-corrected chi connectivity index (χ3v) is 4.22. The summed E-state index contributed by atoms with van der Waals surface area (Å²) in [5, 5.41) is 0. The highest BCUT2D eigenvalue weighted by molar-refractivity contribution is 5.85. The van der Waals surface area contributed by atoms with Gasteiger partial charge >= 0.3 is 0 Å². The lowest BCUT2D eigenvalue weighted by Gasteiger charge is -2.20. The number of halogens is 1. The number of benzene rings is 1. The SMILES string of the molecule is CC1CC(CN)CN1C(=O)Cc1coc(-c2ccccc2)n1.Cl. The third kappa shape index (κ3) is 3.92. The third-order valence-electron chi connectivity index (χ3n) is 4.22. The molecule has 6 heteroatoms. The molecule has 2 aromatic rings. The van der Waals surface area contributed by atoms with Crippen molar-refractivity contribution in [2.24, 2.45) is 11.7 Å². The lowest BCUT2D eigenvalue weighted by Crippen LogP contribution is -2.35. The molecule has 0 spiro atoms. The standard InChI is InChI=1S/C17H21N3O2.ClH/c1-12-7-13(9-18)10-20(12)16(21)8-15-11-22-17(19-15)14-5-3-2-4-6-14;/h2-6,11-13H,7-10,18H2,1H3;1H. The van der Waals surface area contributed by atoms with Crippen molar-refractivity contribution in [1.82, 2.24) is 9.88 Å². The predicted molar refractivity (Wildman–Crippen MR) is 91.2 cm³/mol. The van der Waals surface area contributed by atoms with Crippen LogP contribution in [-0.4, -0.2) is 34.9 Å². The Bertz CT molecular complexity index is 644. The Morgan fingerprint density at radius 2 is 2.13 bits per heavy atom. The lowest BCUT2D eigenvalue weighted by atomic mass is 10.1. The largest absolute Gasteiger partial charge is 0.444 e. The molecule has 1 aromatic carbocycles. The molecule has 1 amide bonds. The zero-order valence-electron chi connectivity index (χ0n) is 13.1. The van der Waals surface area contributed by atoms with E-state index in [1.54, 1.807) is 6.26 Å². The Kier molecular flexibility index (Phi) is 5.80. The summed E-state index contributed by atoms with van der Waals surface area (Å²) in [6.45, 7) is 3.46. The fraction of sp³-hybridized carbons (Fsp3) is 0.412. The summed E-state index contributed by atoms with van der Waals surface area (Å²) < 4.78 is 5.48. The molecular formula is C17H22ClN3O2. The van der Waals surface area contributed by atoms with E-state index < -0.39 is 0 Å². The van der Waals surface area contributed by atoms with Crippen molar-refractivity contribution in [3.8, 4) is 11.5 Å². The topological polar surface area (TPSA) is 72.4 Å². The van der Waals surface area contributed by atoms with E-state index in [1.165, 1.54) is 0 Å². The van der Waals surface area contributed by atoms with Gasteiger partial charge in [-0.1, -0.05) is 18.2 Å². The molecule has 3 rings (SSSR count). The van der Waals surface area contributed by atoms with E-state index in [2.05, 4.69) is 11.9 Å². The number of nitrogens with zero attached hydrogens (tertiary/aromatic N) is 2. The van der Waals surface area contributed by atoms with Crippen LogP contribution in [0.2, 0.25) is 0 Å². The van der Waals surface area contributed by atoms with E-state index in [0.29, 0.717) is 24.0 Å². The summed E-state index contributed by atoms with van der Waals surface area (Å²) in [7, 11) is 0. The molecule has 23 heavy (non-hydrogen) atoms. The summed E-state index contributed by atoms with van der Waals surface area (Å²) in [5.74, 6) is 1.06. The molecule has 1 saturated heterocycles. The molecule has 1 aromatic heterocycles. The molecule has 124 valence electrons. The first-order valence-electron chi connectivity index (χ1n) is 7.66. The summed E-state index contributed by atoms with van der Waals surface area (Å²) in [6.07, 6.45) is 2.83. The first-order chi connectivity index (χ1) is 10.7. The van der Waals surface area contributed by atoms with Gasteiger partial charge in [0, 0.05) is 18.2 Å². The zero-order valence-corrected chi connectivity index (χ0v) is 14.0. The van der Waals surface area contributed by atoms with Crippen LogP contribution in [0.15, 0.2) is 41.0 Å². The normalized spacial score (nSPS) is 20.3. The van der Waals surface area contributed by atoms with Gasteiger partial charge in [-0.05, 0) is 37.9 Å². The van der Waals surface area contributed by atoms with Crippen LogP contribution in [0.3, 0.4) is 0 Å². The van der Waals surface area contributed by atoms with Gasteiger partial charge in [0.15, 0.2) is 0 Å². The summed E-state index contributed by atoms with van der Waals surface area (Å²) in [5.41, 5.74) is 7.30. The maximum absolute atomic E-state index is 12.4. The Balaban J connectivity index is 0.00000192. The lowest BCUT2D eigenvalue weighted by molar-refractivity contribution is -0.131. The second-order valence-electron chi connectivity index (χ2n) is 5.92. The van der Waals surface area contributed by atoms with Crippen LogP contribution < -0.4 is 5.73 Å². The predicted octanol–water partition coefficient (Wildman–Crippen LogP) is 2.50. The molecule has 2 N–H and O–H groups in total. The van der Waals surface area contributed by atoms with Crippen LogP contribution in [0, 0.1) is 5.92 Å². The van der Waals surface area contributed by atoms with Gasteiger partial charge in [-0.15, -0.1) is 12.4 Å². The number of aromatic nitrogens is 1. The molecule has 1 aliphatic rings. The van der Waals surface area contributed by atoms with Crippen LogP contribution in [-0.2, 0) is 11.2 Å². The van der Waals surface area contributed by atoms with E-state index in [0.717, 1.165) is 18.5 Å². The number of rotatable bonds is 4. The van der Waals surface area contributed by atoms with E-state index in [9.17, 15) is 4.79 Å². The molecule has 0 aliphatic carbocycles. The smallest absolute Gasteiger partial charge is 0.228 e. The fourth-order valence-electron chi connectivity index (χ4n) is 3.02. The number of amides is 1. The van der Waals surface area contributed by atoms with Crippen LogP contribution in [0.5, 0.6) is 0 Å². The Morgan fingerprint density at radius 3 is 2.78 bits per heavy atom. The number of nitrogens with two attached hydrogens (primary N) is 1. The molecule has 5 nitrogen and oxygen atoms in total. The number of carbonyl (C=O) groups excluding carboxylic acids is 1. The molecule has 1 fully saturated rings. The number of oxazole rings is 1. The highest BCUT2D eigenvalue weighted by Gasteiger charge is 2.31. The van der Waals surface area contributed by atoms with Crippen molar-refractivity contribution in [1.29, 1.82) is 0 Å². The number of carbonyl (C=O) groups is 1. The number of hydrogen-bond donors (Lipinski definition) is 1.